The first-order chi connectivity index (χ1) is 20.3. The predicted molar refractivity (Wildman–Crippen MR) is 170 cm³/mol. The van der Waals surface area contributed by atoms with E-state index in [0.29, 0.717) is 0 Å². The number of hydrogen-bond donors (Lipinski definition) is 2. The lowest BCUT2D eigenvalue weighted by molar-refractivity contribution is 0.359. The molecule has 0 aliphatic carbocycles. The number of pyridine rings is 2. The van der Waals surface area contributed by atoms with Gasteiger partial charge in [0, 0.05) is 36.3 Å². The van der Waals surface area contributed by atoms with Crippen molar-refractivity contribution in [2.75, 3.05) is 6.54 Å². The molecule has 0 spiro atoms. The summed E-state index contributed by atoms with van der Waals surface area (Å²) in [5, 5.41) is 10.1. The van der Waals surface area contributed by atoms with Gasteiger partial charge in [-0.3, -0.25) is 15.3 Å². The van der Waals surface area contributed by atoms with Gasteiger partial charge >= 0.3 is 0 Å². The van der Waals surface area contributed by atoms with Crippen molar-refractivity contribution in [3.05, 3.63) is 156 Å². The summed E-state index contributed by atoms with van der Waals surface area (Å²) >= 11 is 0. The Balaban J connectivity index is 1.39. The van der Waals surface area contributed by atoms with Crippen LogP contribution in [0.2, 0.25) is 0 Å². The van der Waals surface area contributed by atoms with Gasteiger partial charge in [0.25, 0.3) is 0 Å². The van der Waals surface area contributed by atoms with Crippen LogP contribution in [0.5, 0.6) is 0 Å². The molecule has 0 aliphatic heterocycles. The molecule has 0 fully saturated rings. The summed E-state index contributed by atoms with van der Waals surface area (Å²) < 4.78 is 0. The zero-order valence-corrected chi connectivity index (χ0v) is 23.3. The molecule has 4 aromatic carbocycles. The number of unbranched alkanes of at least 4 members (excludes halogenated alkanes) is 1. The van der Waals surface area contributed by atoms with Gasteiger partial charge in [-0.05, 0) is 72.3 Å². The third-order valence-electron chi connectivity index (χ3n) is 7.98. The van der Waals surface area contributed by atoms with Gasteiger partial charge in [0.15, 0.2) is 0 Å². The molecule has 6 aromatic rings. The number of nitrogens with zero attached hydrogens (tertiary/aromatic N) is 2. The van der Waals surface area contributed by atoms with Gasteiger partial charge in [-0.15, -0.1) is 0 Å². The van der Waals surface area contributed by atoms with Crippen molar-refractivity contribution in [3.63, 3.8) is 0 Å². The Bertz CT molecular complexity index is 1610. The summed E-state index contributed by atoms with van der Waals surface area (Å²) in [5.41, 5.74) is 6.68. The van der Waals surface area contributed by atoms with Crippen LogP contribution in [-0.4, -0.2) is 16.5 Å². The van der Waals surface area contributed by atoms with Gasteiger partial charge in [-0.1, -0.05) is 97.1 Å². The zero-order chi connectivity index (χ0) is 27.7. The number of para-hydroxylation sites is 2. The summed E-state index contributed by atoms with van der Waals surface area (Å²) in [7, 11) is 0. The first-order valence-corrected chi connectivity index (χ1v) is 14.6. The van der Waals surface area contributed by atoms with Crippen molar-refractivity contribution in [3.8, 4) is 0 Å². The van der Waals surface area contributed by atoms with Crippen molar-refractivity contribution in [2.45, 2.75) is 37.9 Å². The van der Waals surface area contributed by atoms with Crippen LogP contribution in [-0.2, 0) is 18.6 Å². The smallest absolute Gasteiger partial charge is 0.0707 e. The molecule has 0 unspecified atom stereocenters. The summed E-state index contributed by atoms with van der Waals surface area (Å²) in [6.45, 7) is 2.61. The molecular weight excluding hydrogens is 500 g/mol. The second-order valence-electron chi connectivity index (χ2n) is 10.6. The molecule has 0 atom stereocenters. The average molecular weight is 537 g/mol. The second-order valence-corrected chi connectivity index (χ2v) is 10.6. The summed E-state index contributed by atoms with van der Waals surface area (Å²) in [5.74, 6) is 0. The molecule has 2 aromatic heterocycles. The van der Waals surface area contributed by atoms with Gasteiger partial charge in [-0.25, -0.2) is 0 Å². The first-order valence-electron chi connectivity index (χ1n) is 14.6. The van der Waals surface area contributed by atoms with E-state index < -0.39 is 5.54 Å². The van der Waals surface area contributed by atoms with E-state index in [1.54, 1.807) is 0 Å². The van der Waals surface area contributed by atoms with Crippen molar-refractivity contribution in [1.82, 2.24) is 20.6 Å². The molecule has 0 bridgehead atoms. The van der Waals surface area contributed by atoms with E-state index >= 15 is 0 Å². The molecule has 4 nitrogen and oxygen atoms in total. The van der Waals surface area contributed by atoms with E-state index in [1.165, 1.54) is 33.0 Å². The Labute approximate surface area is 242 Å². The molecule has 0 radical (unpaired) electrons. The van der Waals surface area contributed by atoms with Crippen molar-refractivity contribution in [1.29, 1.82) is 0 Å². The number of aromatic nitrogens is 2. The molecule has 0 aliphatic rings. The number of benzene rings is 4. The normalized spacial score (nSPS) is 11.7. The maximum Gasteiger partial charge on any atom is 0.0707 e. The maximum atomic E-state index is 4.73. The van der Waals surface area contributed by atoms with Gasteiger partial charge in [0.2, 0.25) is 0 Å². The van der Waals surface area contributed by atoms with Crippen LogP contribution in [0.15, 0.2) is 134 Å². The second kappa shape index (κ2) is 12.9. The van der Waals surface area contributed by atoms with E-state index in [1.807, 2.05) is 12.4 Å². The van der Waals surface area contributed by atoms with Crippen molar-refractivity contribution >= 4 is 21.8 Å². The fourth-order valence-electron chi connectivity index (χ4n) is 5.95. The summed E-state index contributed by atoms with van der Waals surface area (Å²) in [4.78, 5) is 9.46. The largest absolute Gasteiger partial charge is 0.313 e. The summed E-state index contributed by atoms with van der Waals surface area (Å²) in [6.07, 6.45) is 6.99. The van der Waals surface area contributed by atoms with Crippen LogP contribution in [0.25, 0.3) is 21.8 Å². The van der Waals surface area contributed by atoms with Gasteiger partial charge in [-0.2, -0.15) is 0 Å². The van der Waals surface area contributed by atoms with Crippen LogP contribution in [0.1, 0.15) is 41.5 Å². The number of rotatable bonds is 12. The van der Waals surface area contributed by atoms with Crippen LogP contribution >= 0.6 is 0 Å². The van der Waals surface area contributed by atoms with Crippen LogP contribution < -0.4 is 10.6 Å². The Morgan fingerprint density at radius 2 is 1.02 bits per heavy atom. The van der Waals surface area contributed by atoms with Crippen LogP contribution in [0.4, 0.5) is 0 Å². The number of fused-ring (bicyclic) bond motifs is 2. The van der Waals surface area contributed by atoms with E-state index in [-0.39, 0.29) is 0 Å². The van der Waals surface area contributed by atoms with E-state index in [0.717, 1.165) is 49.9 Å². The number of nitrogens with one attached hydrogen (secondary N) is 2. The highest BCUT2D eigenvalue weighted by molar-refractivity contribution is 5.88. The lowest BCUT2D eigenvalue weighted by atomic mass is 9.76. The standard InChI is InChI=1S/C37H36N4/c1-3-13-29(14-4-1)27-38-24-12-11-23-37(41-28-30-15-5-2-6-16-30,33-21-25-39-35-19-9-7-17-31(33)35)34-22-26-40-36-20-10-8-18-32(34)36/h1-10,13-22,25-26,38,41H,11-12,23-24,27-28H2. The minimum atomic E-state index is -0.444. The highest BCUT2D eigenvalue weighted by atomic mass is 15.0. The predicted octanol–water partition coefficient (Wildman–Crippen LogP) is 7.78. The highest BCUT2D eigenvalue weighted by Gasteiger charge is 2.36. The Morgan fingerprint density at radius 3 is 1.61 bits per heavy atom. The Kier molecular flexibility index (Phi) is 8.41. The molecule has 2 heterocycles. The van der Waals surface area contributed by atoms with E-state index in [9.17, 15) is 0 Å². The van der Waals surface area contributed by atoms with Gasteiger partial charge in [0.1, 0.15) is 0 Å². The molecule has 6 rings (SSSR count). The SMILES string of the molecule is c1ccc(CNCCCCC(NCc2ccccc2)(c2ccnc3ccccc23)c2ccnc3ccccc23)cc1. The van der Waals surface area contributed by atoms with Crippen molar-refractivity contribution in [2.24, 2.45) is 0 Å². The molecule has 4 heteroatoms. The number of hydrogen-bond acceptors (Lipinski definition) is 4. The molecule has 204 valence electrons. The molecule has 0 saturated carbocycles. The van der Waals surface area contributed by atoms with Crippen LogP contribution in [0.3, 0.4) is 0 Å². The van der Waals surface area contributed by atoms with E-state index in [4.69, 9.17) is 9.97 Å². The summed E-state index contributed by atoms with van der Waals surface area (Å²) in [6, 6.07) is 42.7. The van der Waals surface area contributed by atoms with Crippen LogP contribution in [0, 0.1) is 0 Å². The monoisotopic (exact) mass is 536 g/mol. The van der Waals surface area contributed by atoms with Crippen molar-refractivity contribution < 1.29 is 0 Å². The Hall–Kier alpha value is -4.38. The molecule has 0 saturated heterocycles. The molecular formula is C37H36N4. The fraction of sp³-hybridized carbons (Fsp3) is 0.189. The lowest BCUT2D eigenvalue weighted by Crippen LogP contribution is -2.43. The minimum absolute atomic E-state index is 0.444. The van der Waals surface area contributed by atoms with Gasteiger partial charge < -0.3 is 5.32 Å². The third kappa shape index (κ3) is 6.04. The quantitative estimate of drug-likeness (QED) is 0.157. The Morgan fingerprint density at radius 1 is 0.512 bits per heavy atom. The third-order valence-corrected chi connectivity index (χ3v) is 7.98. The average Bonchev–Trinajstić information content (AvgIpc) is 3.05. The zero-order valence-electron chi connectivity index (χ0n) is 23.3. The highest BCUT2D eigenvalue weighted by Crippen LogP contribution is 2.41. The maximum absolute atomic E-state index is 4.73. The fourth-order valence-corrected chi connectivity index (χ4v) is 5.95. The molecule has 0 amide bonds. The molecule has 41 heavy (non-hydrogen) atoms. The molecule has 2 N–H and O–H groups in total. The lowest BCUT2D eigenvalue weighted by Gasteiger charge is -2.38. The minimum Gasteiger partial charge on any atom is -0.313 e. The first kappa shape index (κ1) is 26.8. The van der Waals surface area contributed by atoms with E-state index in [2.05, 4.69) is 132 Å². The van der Waals surface area contributed by atoms with Gasteiger partial charge in [0.05, 0.1) is 16.6 Å². The topological polar surface area (TPSA) is 49.8 Å².